The predicted molar refractivity (Wildman–Crippen MR) is 92.2 cm³/mol. The molecule has 0 radical (unpaired) electrons. The van der Waals surface area contributed by atoms with Crippen LogP contribution in [0.3, 0.4) is 0 Å². The fraction of sp³-hybridized carbons (Fsp3) is 0.471. The van der Waals surface area contributed by atoms with Crippen LogP contribution in [-0.4, -0.2) is 28.1 Å². The van der Waals surface area contributed by atoms with Gasteiger partial charge in [0.05, 0.1) is 0 Å². The van der Waals surface area contributed by atoms with Crippen molar-refractivity contribution >= 4 is 22.4 Å². The fourth-order valence-electron chi connectivity index (χ4n) is 3.02. The predicted octanol–water partition coefficient (Wildman–Crippen LogP) is 2.61. The van der Waals surface area contributed by atoms with Gasteiger partial charge < -0.3 is 16.4 Å². The molecular formula is C17H22N6. The minimum Gasteiger partial charge on any atom is -0.367 e. The lowest BCUT2D eigenvalue weighted by atomic mass is 10.1. The highest BCUT2D eigenvalue weighted by Gasteiger charge is 2.24. The van der Waals surface area contributed by atoms with Crippen molar-refractivity contribution in [2.75, 3.05) is 10.6 Å². The summed E-state index contributed by atoms with van der Waals surface area (Å²) < 4.78 is 0. The van der Waals surface area contributed by atoms with E-state index in [0.29, 0.717) is 5.69 Å². The molecule has 4 N–H and O–H groups in total. The number of rotatable bonds is 4. The van der Waals surface area contributed by atoms with Crippen LogP contribution in [0, 0.1) is 11.3 Å². The summed E-state index contributed by atoms with van der Waals surface area (Å²) in [5.74, 6) is 1.52. The van der Waals surface area contributed by atoms with Crippen molar-refractivity contribution < 1.29 is 0 Å². The number of aromatic nitrogens is 2. The number of pyridine rings is 2. The molecular weight excluding hydrogens is 288 g/mol. The highest BCUT2D eigenvalue weighted by Crippen LogP contribution is 2.27. The first-order valence-electron chi connectivity index (χ1n) is 8.06. The van der Waals surface area contributed by atoms with Gasteiger partial charge in [0, 0.05) is 35.1 Å². The number of fused-ring (bicyclic) bond motifs is 1. The van der Waals surface area contributed by atoms with E-state index in [0.717, 1.165) is 41.7 Å². The van der Waals surface area contributed by atoms with E-state index in [4.69, 9.17) is 11.0 Å². The Morgan fingerprint density at radius 1 is 1.35 bits per heavy atom. The van der Waals surface area contributed by atoms with Crippen molar-refractivity contribution in [3.05, 3.63) is 24.0 Å². The lowest BCUT2D eigenvalue weighted by Crippen LogP contribution is -2.35. The molecule has 6 heteroatoms. The van der Waals surface area contributed by atoms with Crippen LogP contribution in [-0.2, 0) is 0 Å². The summed E-state index contributed by atoms with van der Waals surface area (Å²) in [5, 5.41) is 17.8. The van der Waals surface area contributed by atoms with Crippen LogP contribution in [0.25, 0.3) is 10.8 Å². The first-order valence-corrected chi connectivity index (χ1v) is 8.06. The molecule has 1 saturated carbocycles. The summed E-state index contributed by atoms with van der Waals surface area (Å²) in [4.78, 5) is 8.86. The third-order valence-electron chi connectivity index (χ3n) is 4.16. The Hall–Kier alpha value is -2.39. The highest BCUT2D eigenvalue weighted by atomic mass is 15.0. The standard InChI is InChI=1S/C17H22N6/c1-10(2)21-17-13-7-16(23-15-5-3-4-14(15)19)20-9-11(13)6-12(8-18)22-17/h6-7,9-10,14-15H,3-5,19H2,1-2H3,(H,20,23)(H,21,22)/t14-,15+/m0/s1. The monoisotopic (exact) mass is 310 g/mol. The zero-order valence-electron chi connectivity index (χ0n) is 13.5. The van der Waals surface area contributed by atoms with Crippen molar-refractivity contribution in [3.8, 4) is 6.07 Å². The molecule has 23 heavy (non-hydrogen) atoms. The number of nitrogens with two attached hydrogens (primary N) is 1. The highest BCUT2D eigenvalue weighted by molar-refractivity contribution is 5.93. The summed E-state index contributed by atoms with van der Waals surface area (Å²) in [6.45, 7) is 4.09. The van der Waals surface area contributed by atoms with E-state index in [-0.39, 0.29) is 18.1 Å². The van der Waals surface area contributed by atoms with E-state index < -0.39 is 0 Å². The molecule has 120 valence electrons. The fourth-order valence-corrected chi connectivity index (χ4v) is 3.02. The second kappa shape index (κ2) is 6.39. The Morgan fingerprint density at radius 2 is 2.17 bits per heavy atom. The van der Waals surface area contributed by atoms with Gasteiger partial charge in [-0.3, -0.25) is 0 Å². The molecule has 2 aromatic rings. The normalized spacial score (nSPS) is 20.7. The lowest BCUT2D eigenvalue weighted by molar-refractivity contribution is 0.636. The Labute approximate surface area is 136 Å². The SMILES string of the molecule is CC(C)Nc1nc(C#N)cc2cnc(N[C@@H]3CCC[C@@H]3N)cc12. The zero-order chi connectivity index (χ0) is 16.4. The minimum absolute atomic E-state index is 0.180. The first kappa shape index (κ1) is 15.5. The van der Waals surface area contributed by atoms with Crippen molar-refractivity contribution in [1.82, 2.24) is 9.97 Å². The second-order valence-electron chi connectivity index (χ2n) is 6.40. The maximum absolute atomic E-state index is 9.14. The third-order valence-corrected chi connectivity index (χ3v) is 4.16. The molecule has 1 aliphatic carbocycles. The van der Waals surface area contributed by atoms with Crippen molar-refractivity contribution in [2.45, 2.75) is 51.2 Å². The molecule has 2 heterocycles. The van der Waals surface area contributed by atoms with Crippen molar-refractivity contribution in [1.29, 1.82) is 5.26 Å². The maximum Gasteiger partial charge on any atom is 0.143 e. The number of nitrogens with one attached hydrogen (secondary N) is 2. The number of anilines is 2. The lowest BCUT2D eigenvalue weighted by Gasteiger charge is -2.19. The molecule has 0 amide bonds. The molecule has 0 unspecified atom stereocenters. The third kappa shape index (κ3) is 3.35. The van der Waals surface area contributed by atoms with Gasteiger partial charge in [0.25, 0.3) is 0 Å². The quantitative estimate of drug-likeness (QED) is 0.802. The Bertz CT molecular complexity index is 749. The topological polar surface area (TPSA) is 99.6 Å². The number of nitrogens with zero attached hydrogens (tertiary/aromatic N) is 3. The summed E-state index contributed by atoms with van der Waals surface area (Å²) >= 11 is 0. The molecule has 0 saturated heterocycles. The van der Waals surface area contributed by atoms with E-state index >= 15 is 0 Å². The molecule has 0 spiro atoms. The van der Waals surface area contributed by atoms with Gasteiger partial charge >= 0.3 is 0 Å². The Kier molecular flexibility index (Phi) is 4.30. The summed E-state index contributed by atoms with van der Waals surface area (Å²) in [6.07, 6.45) is 5.06. The van der Waals surface area contributed by atoms with Gasteiger partial charge in [0.1, 0.15) is 23.4 Å². The van der Waals surface area contributed by atoms with Crippen molar-refractivity contribution in [2.24, 2.45) is 5.73 Å². The van der Waals surface area contributed by atoms with Crippen LogP contribution in [0.4, 0.5) is 11.6 Å². The molecule has 0 aliphatic heterocycles. The van der Waals surface area contributed by atoms with Crippen LogP contribution >= 0.6 is 0 Å². The van der Waals surface area contributed by atoms with E-state index in [1.165, 1.54) is 0 Å². The van der Waals surface area contributed by atoms with E-state index in [1.54, 1.807) is 12.3 Å². The second-order valence-corrected chi connectivity index (χ2v) is 6.40. The molecule has 2 atom stereocenters. The van der Waals surface area contributed by atoms with Crippen LogP contribution in [0.2, 0.25) is 0 Å². The van der Waals surface area contributed by atoms with E-state index in [2.05, 4.69) is 26.7 Å². The van der Waals surface area contributed by atoms with Crippen LogP contribution in [0.5, 0.6) is 0 Å². The van der Waals surface area contributed by atoms with Crippen molar-refractivity contribution in [3.63, 3.8) is 0 Å². The van der Waals surface area contributed by atoms with Gasteiger partial charge in [-0.25, -0.2) is 9.97 Å². The number of nitriles is 1. The molecule has 3 rings (SSSR count). The zero-order valence-corrected chi connectivity index (χ0v) is 13.5. The van der Waals surface area contributed by atoms with Gasteiger partial charge in [-0.2, -0.15) is 5.26 Å². The Balaban J connectivity index is 1.98. The van der Waals surface area contributed by atoms with Gasteiger partial charge in [-0.15, -0.1) is 0 Å². The van der Waals surface area contributed by atoms with Crippen LogP contribution in [0.15, 0.2) is 18.3 Å². The number of hydrogen-bond acceptors (Lipinski definition) is 6. The summed E-state index contributed by atoms with van der Waals surface area (Å²) in [5.41, 5.74) is 6.51. The molecule has 1 aliphatic rings. The van der Waals surface area contributed by atoms with Crippen LogP contribution < -0.4 is 16.4 Å². The molecule has 0 bridgehead atoms. The number of hydrogen-bond donors (Lipinski definition) is 3. The largest absolute Gasteiger partial charge is 0.367 e. The molecule has 0 aromatic carbocycles. The first-order chi connectivity index (χ1) is 11.1. The average molecular weight is 310 g/mol. The Morgan fingerprint density at radius 3 is 2.83 bits per heavy atom. The van der Waals surface area contributed by atoms with Gasteiger partial charge in [0.2, 0.25) is 0 Å². The molecule has 1 fully saturated rings. The minimum atomic E-state index is 0.180. The van der Waals surface area contributed by atoms with Gasteiger partial charge in [0.15, 0.2) is 0 Å². The van der Waals surface area contributed by atoms with E-state index in [9.17, 15) is 0 Å². The van der Waals surface area contributed by atoms with Crippen LogP contribution in [0.1, 0.15) is 38.8 Å². The maximum atomic E-state index is 9.14. The molecule has 6 nitrogen and oxygen atoms in total. The summed E-state index contributed by atoms with van der Waals surface area (Å²) in [6, 6.07) is 6.53. The smallest absolute Gasteiger partial charge is 0.143 e. The summed E-state index contributed by atoms with van der Waals surface area (Å²) in [7, 11) is 0. The molecule has 2 aromatic heterocycles. The van der Waals surface area contributed by atoms with Gasteiger partial charge in [-0.1, -0.05) is 0 Å². The van der Waals surface area contributed by atoms with Gasteiger partial charge in [-0.05, 0) is 45.2 Å². The average Bonchev–Trinajstić information content (AvgIpc) is 2.92. The van der Waals surface area contributed by atoms with E-state index in [1.807, 2.05) is 19.9 Å².